The van der Waals surface area contributed by atoms with Gasteiger partial charge in [-0.25, -0.2) is 0 Å². The maximum atomic E-state index is 13.8. The van der Waals surface area contributed by atoms with Gasteiger partial charge in [-0.05, 0) is 72.4 Å². The second-order valence-corrected chi connectivity index (χ2v) is 11.9. The highest BCUT2D eigenvalue weighted by atomic mass is 127. The number of aliphatic hydroxyl groups is 2. The molecule has 2 amide bonds. The number of hydrogen-bond donors (Lipinski definition) is 3. The Balaban J connectivity index is 1.68. The van der Waals surface area contributed by atoms with Gasteiger partial charge in [0.05, 0.1) is 23.3 Å². The molecule has 0 radical (unpaired) electrons. The van der Waals surface area contributed by atoms with E-state index < -0.39 is 18.2 Å². The zero-order valence-electron chi connectivity index (χ0n) is 22.4. The predicted molar refractivity (Wildman–Crippen MR) is 154 cm³/mol. The Hall–Kier alpha value is -2.18. The first kappa shape index (κ1) is 29.8. The van der Waals surface area contributed by atoms with Crippen molar-refractivity contribution in [1.29, 1.82) is 0 Å². The third kappa shape index (κ3) is 7.13. The van der Waals surface area contributed by atoms with E-state index in [9.17, 15) is 24.6 Å². The molecule has 9 nitrogen and oxygen atoms in total. The van der Waals surface area contributed by atoms with E-state index in [2.05, 4.69) is 5.32 Å². The zero-order valence-corrected chi connectivity index (χ0v) is 24.6. The molecule has 3 unspecified atom stereocenters. The van der Waals surface area contributed by atoms with Crippen molar-refractivity contribution in [2.45, 2.75) is 88.5 Å². The van der Waals surface area contributed by atoms with E-state index in [0.717, 1.165) is 57.7 Å². The molecule has 1 aromatic rings. The van der Waals surface area contributed by atoms with Gasteiger partial charge in [-0.2, -0.15) is 0 Å². The molecule has 3 aliphatic carbocycles. The maximum absolute atomic E-state index is 13.8. The van der Waals surface area contributed by atoms with Crippen molar-refractivity contribution in [3.63, 3.8) is 0 Å². The number of carbonyl (C=O) groups excluding carboxylic acids is 3. The number of rotatable bonds is 11. The van der Waals surface area contributed by atoms with Gasteiger partial charge >= 0.3 is 0 Å². The lowest BCUT2D eigenvalue weighted by atomic mass is 9.86. The minimum atomic E-state index is -1.08. The van der Waals surface area contributed by atoms with E-state index in [1.165, 1.54) is 7.11 Å². The summed E-state index contributed by atoms with van der Waals surface area (Å²) in [6.07, 6.45) is 9.14. The number of methoxy groups -OCH3 is 1. The van der Waals surface area contributed by atoms with Gasteiger partial charge < -0.3 is 29.9 Å². The number of amides is 2. The number of benzene rings is 1. The van der Waals surface area contributed by atoms with Crippen molar-refractivity contribution in [2.24, 2.45) is 5.92 Å². The molecule has 214 valence electrons. The van der Waals surface area contributed by atoms with E-state index in [0.29, 0.717) is 38.5 Å². The quantitative estimate of drug-likeness (QED) is 0.247. The minimum Gasteiger partial charge on any atom is -0.493 e. The summed E-state index contributed by atoms with van der Waals surface area (Å²) in [6.45, 7) is -0.0989. The fraction of sp³-hybridized carbons (Fsp3) is 0.621. The second kappa shape index (κ2) is 13.9. The SMILES string of the molecule is COc1cc(C=O)cc(I)c1OC1C=C(C(=O)NCCO)CC(N(C(=O)CC2CCCC2)C2CCCC2)C1O. The Morgan fingerprint density at radius 3 is 2.49 bits per heavy atom. The van der Waals surface area contributed by atoms with Crippen LogP contribution in [0.25, 0.3) is 0 Å². The normalized spacial score (nSPS) is 23.8. The molecule has 39 heavy (non-hydrogen) atoms. The molecule has 10 heteroatoms. The molecule has 3 atom stereocenters. The van der Waals surface area contributed by atoms with Crippen LogP contribution in [0.1, 0.15) is 74.6 Å². The van der Waals surface area contributed by atoms with E-state index in [1.807, 2.05) is 27.5 Å². The van der Waals surface area contributed by atoms with E-state index >= 15 is 0 Å². The number of nitrogens with zero attached hydrogens (tertiary/aromatic N) is 1. The van der Waals surface area contributed by atoms with Crippen LogP contribution >= 0.6 is 22.6 Å². The van der Waals surface area contributed by atoms with Gasteiger partial charge in [-0.3, -0.25) is 14.4 Å². The average Bonchev–Trinajstić information content (AvgIpc) is 3.65. The molecule has 3 N–H and O–H groups in total. The lowest BCUT2D eigenvalue weighted by Gasteiger charge is -2.43. The molecule has 0 saturated heterocycles. The van der Waals surface area contributed by atoms with Crippen molar-refractivity contribution >= 4 is 40.7 Å². The van der Waals surface area contributed by atoms with Crippen LogP contribution in [-0.4, -0.2) is 77.8 Å². The van der Waals surface area contributed by atoms with E-state index in [-0.39, 0.29) is 37.4 Å². The summed E-state index contributed by atoms with van der Waals surface area (Å²) in [7, 11) is 1.47. The Bertz CT molecular complexity index is 1070. The molecule has 0 aliphatic heterocycles. The van der Waals surface area contributed by atoms with Crippen molar-refractivity contribution in [3.8, 4) is 11.5 Å². The molecule has 4 rings (SSSR count). The number of halogens is 1. The number of carbonyl (C=O) groups is 3. The largest absolute Gasteiger partial charge is 0.493 e. The van der Waals surface area contributed by atoms with Gasteiger partial charge in [0.25, 0.3) is 0 Å². The summed E-state index contributed by atoms with van der Waals surface area (Å²) in [5.74, 6) is 0.727. The van der Waals surface area contributed by atoms with Crippen LogP contribution in [0.4, 0.5) is 0 Å². The second-order valence-electron chi connectivity index (χ2n) is 10.8. The molecule has 0 bridgehead atoms. The Morgan fingerprint density at radius 2 is 1.85 bits per heavy atom. The van der Waals surface area contributed by atoms with Gasteiger partial charge in [0.1, 0.15) is 18.5 Å². The highest BCUT2D eigenvalue weighted by Gasteiger charge is 2.44. The van der Waals surface area contributed by atoms with Gasteiger partial charge in [-0.15, -0.1) is 0 Å². The zero-order chi connectivity index (χ0) is 27.9. The van der Waals surface area contributed by atoms with Crippen molar-refractivity contribution in [1.82, 2.24) is 10.2 Å². The first-order valence-corrected chi connectivity index (χ1v) is 15.0. The van der Waals surface area contributed by atoms with Crippen LogP contribution in [0.3, 0.4) is 0 Å². The van der Waals surface area contributed by atoms with Crippen LogP contribution in [-0.2, 0) is 9.59 Å². The summed E-state index contributed by atoms with van der Waals surface area (Å²) in [4.78, 5) is 40.2. The van der Waals surface area contributed by atoms with Crippen LogP contribution in [0.2, 0.25) is 0 Å². The molecule has 0 spiro atoms. The first-order valence-electron chi connectivity index (χ1n) is 13.9. The topological polar surface area (TPSA) is 125 Å². The number of ether oxygens (including phenoxy) is 2. The monoisotopic (exact) mass is 654 g/mol. The first-order chi connectivity index (χ1) is 18.9. The number of nitrogens with one attached hydrogen (secondary N) is 1. The third-order valence-electron chi connectivity index (χ3n) is 8.16. The highest BCUT2D eigenvalue weighted by Crippen LogP contribution is 2.39. The van der Waals surface area contributed by atoms with Gasteiger partial charge in [0.15, 0.2) is 11.5 Å². The summed E-state index contributed by atoms with van der Waals surface area (Å²) >= 11 is 2.05. The molecule has 2 fully saturated rings. The summed E-state index contributed by atoms with van der Waals surface area (Å²) in [5, 5.41) is 23.7. The number of aliphatic hydroxyl groups excluding tert-OH is 2. The predicted octanol–water partition coefficient (Wildman–Crippen LogP) is 3.38. The fourth-order valence-corrected chi connectivity index (χ4v) is 6.97. The van der Waals surface area contributed by atoms with Crippen molar-refractivity contribution in [3.05, 3.63) is 32.9 Å². The Kier molecular flexibility index (Phi) is 10.6. The number of hydrogen-bond acceptors (Lipinski definition) is 7. The molecule has 2 saturated carbocycles. The molecule has 0 aromatic heterocycles. The lowest BCUT2D eigenvalue weighted by Crippen LogP contribution is -2.57. The van der Waals surface area contributed by atoms with Gasteiger partial charge in [-0.1, -0.05) is 25.7 Å². The van der Waals surface area contributed by atoms with E-state index in [1.54, 1.807) is 18.2 Å². The molecule has 0 heterocycles. The molecular weight excluding hydrogens is 615 g/mol. The molecule has 1 aromatic carbocycles. The van der Waals surface area contributed by atoms with Crippen molar-refractivity contribution in [2.75, 3.05) is 20.3 Å². The van der Waals surface area contributed by atoms with Crippen LogP contribution in [0.5, 0.6) is 11.5 Å². The Morgan fingerprint density at radius 1 is 1.15 bits per heavy atom. The molecule has 3 aliphatic rings. The fourth-order valence-electron chi connectivity index (χ4n) is 6.21. The smallest absolute Gasteiger partial charge is 0.247 e. The summed E-state index contributed by atoms with van der Waals surface area (Å²) in [5.41, 5.74) is 0.828. The van der Waals surface area contributed by atoms with Crippen molar-refractivity contribution < 1.29 is 34.1 Å². The lowest BCUT2D eigenvalue weighted by molar-refractivity contribution is -0.143. The van der Waals surface area contributed by atoms with E-state index in [4.69, 9.17) is 9.47 Å². The van der Waals surface area contributed by atoms with Crippen LogP contribution in [0, 0.1) is 9.49 Å². The number of aldehydes is 1. The maximum Gasteiger partial charge on any atom is 0.247 e. The third-order valence-corrected chi connectivity index (χ3v) is 8.96. The molecular formula is C29H39IN2O7. The average molecular weight is 655 g/mol. The van der Waals surface area contributed by atoms with Gasteiger partial charge in [0.2, 0.25) is 11.8 Å². The van der Waals surface area contributed by atoms with Gasteiger partial charge in [0, 0.05) is 36.6 Å². The standard InChI is InChI=1S/C29H39IN2O7/c1-38-25-13-19(17-34)12-22(30)28(25)39-24-16-20(29(37)31-10-11-33)15-23(27(24)36)32(21-8-4-5-9-21)26(35)14-18-6-2-3-7-18/h12-13,16-18,21,23-24,27,33,36H,2-11,14-15H2,1H3,(H,31,37). The van der Waals surface area contributed by atoms with Crippen LogP contribution in [0.15, 0.2) is 23.8 Å². The highest BCUT2D eigenvalue weighted by molar-refractivity contribution is 14.1. The van der Waals surface area contributed by atoms with Crippen LogP contribution < -0.4 is 14.8 Å². The minimum absolute atomic E-state index is 0.0144. The summed E-state index contributed by atoms with van der Waals surface area (Å²) in [6, 6.07) is 2.60. The summed E-state index contributed by atoms with van der Waals surface area (Å²) < 4.78 is 12.4. The Labute approximate surface area is 243 Å².